The summed E-state index contributed by atoms with van der Waals surface area (Å²) in [6.07, 6.45) is 10.6. The lowest BCUT2D eigenvalue weighted by Crippen LogP contribution is -1.96. The molecule has 0 bridgehead atoms. The van der Waals surface area contributed by atoms with E-state index in [-0.39, 0.29) is 0 Å². The molecule has 0 fully saturated rings. The first kappa shape index (κ1) is 22.2. The quantitative estimate of drug-likeness (QED) is 0.268. The molecule has 0 spiro atoms. The van der Waals surface area contributed by atoms with Gasteiger partial charge in [-0.25, -0.2) is 19.9 Å². The van der Waals surface area contributed by atoms with Crippen molar-refractivity contribution in [3.8, 4) is 28.1 Å². The Balaban J connectivity index is 1.26. The minimum absolute atomic E-state index is 0.293. The maximum Gasteiger partial charge on any atom is 0.294 e. The van der Waals surface area contributed by atoms with E-state index < -0.39 is 0 Å². The minimum Gasteiger partial charge on any atom is -0.496 e. The van der Waals surface area contributed by atoms with Crippen molar-refractivity contribution in [2.45, 2.75) is 6.61 Å². The van der Waals surface area contributed by atoms with Gasteiger partial charge in [0.15, 0.2) is 5.76 Å². The van der Waals surface area contributed by atoms with Crippen LogP contribution in [-0.4, -0.2) is 43.8 Å². The minimum atomic E-state index is 0.293. The van der Waals surface area contributed by atoms with Gasteiger partial charge in [0.05, 0.1) is 31.5 Å². The van der Waals surface area contributed by atoms with Gasteiger partial charge in [0.25, 0.3) is 5.19 Å². The molecule has 0 amide bonds. The fraction of sp³-hybridized carbons (Fsp3) is 0.125. The molecule has 6 aromatic rings. The summed E-state index contributed by atoms with van der Waals surface area (Å²) in [5.74, 6) is 1.86. The molecule has 0 aliphatic carbocycles. The highest BCUT2D eigenvalue weighted by Crippen LogP contribution is 2.38. The van der Waals surface area contributed by atoms with Gasteiger partial charge in [0.1, 0.15) is 40.7 Å². The van der Waals surface area contributed by atoms with Crippen molar-refractivity contribution in [3.63, 3.8) is 0 Å². The number of rotatable bonds is 8. The van der Waals surface area contributed by atoms with Crippen LogP contribution in [-0.2, 0) is 6.61 Å². The Bertz CT molecular complexity index is 1690. The Morgan fingerprint density at radius 2 is 1.94 bits per heavy atom. The first-order chi connectivity index (χ1) is 17.7. The zero-order valence-corrected chi connectivity index (χ0v) is 20.7. The molecule has 0 radical (unpaired) electrons. The lowest BCUT2D eigenvalue weighted by Gasteiger charge is -2.07. The lowest BCUT2D eigenvalue weighted by molar-refractivity contribution is 0.303. The van der Waals surface area contributed by atoms with Crippen molar-refractivity contribution >= 4 is 50.8 Å². The average molecular weight is 519 g/mol. The lowest BCUT2D eigenvalue weighted by atomic mass is 10.2. The highest BCUT2D eigenvalue weighted by Gasteiger charge is 2.18. The normalized spacial score (nSPS) is 11.6. The van der Waals surface area contributed by atoms with Crippen LogP contribution < -0.4 is 14.2 Å². The number of hydrogen-bond donors (Lipinski definition) is 0. The predicted octanol–water partition coefficient (Wildman–Crippen LogP) is 5.22. The average Bonchev–Trinajstić information content (AvgIpc) is 3.69. The number of furan rings is 1. The highest BCUT2D eigenvalue weighted by atomic mass is 32.1. The SMILES string of the molecule is COc1cc(OCc2csc(C=Cc3cncnc3)n2)c2cc(-c3cnc4sc(OC)nn34)oc2c1. The van der Waals surface area contributed by atoms with Crippen molar-refractivity contribution in [1.82, 2.24) is 29.5 Å². The number of aromatic nitrogens is 6. The Hall–Kier alpha value is -4.29. The van der Waals surface area contributed by atoms with Crippen LogP contribution in [0.1, 0.15) is 16.3 Å². The number of nitrogens with zero attached hydrogens (tertiary/aromatic N) is 6. The second kappa shape index (κ2) is 9.40. The summed E-state index contributed by atoms with van der Waals surface area (Å²) in [4.78, 5) is 17.8. The molecule has 0 N–H and O–H groups in total. The van der Waals surface area contributed by atoms with Gasteiger partial charge >= 0.3 is 0 Å². The summed E-state index contributed by atoms with van der Waals surface area (Å²) < 4.78 is 24.7. The first-order valence-corrected chi connectivity index (χ1v) is 12.4. The number of hydrogen-bond acceptors (Lipinski definition) is 11. The second-order valence-corrected chi connectivity index (χ2v) is 9.34. The number of methoxy groups -OCH3 is 2. The van der Waals surface area contributed by atoms with Gasteiger partial charge in [0.2, 0.25) is 4.96 Å². The molecule has 36 heavy (non-hydrogen) atoms. The molecule has 180 valence electrons. The molecule has 0 atom stereocenters. The van der Waals surface area contributed by atoms with Gasteiger partial charge in [-0.05, 0) is 29.6 Å². The van der Waals surface area contributed by atoms with Crippen LogP contribution in [0.2, 0.25) is 0 Å². The number of ether oxygens (including phenoxy) is 3. The van der Waals surface area contributed by atoms with E-state index in [1.54, 1.807) is 37.3 Å². The fourth-order valence-corrected chi connectivity index (χ4v) is 4.94. The summed E-state index contributed by atoms with van der Waals surface area (Å²) in [6, 6.07) is 5.57. The van der Waals surface area contributed by atoms with Crippen molar-refractivity contribution in [1.29, 1.82) is 0 Å². The summed E-state index contributed by atoms with van der Waals surface area (Å²) in [6.45, 7) is 0.293. The summed E-state index contributed by atoms with van der Waals surface area (Å²) in [5, 5.41) is 8.59. The third kappa shape index (κ3) is 4.27. The third-order valence-corrected chi connectivity index (χ3v) is 6.99. The van der Waals surface area contributed by atoms with Gasteiger partial charge in [-0.15, -0.1) is 16.4 Å². The Labute approximate surface area is 212 Å². The molecule has 0 saturated carbocycles. The van der Waals surface area contributed by atoms with Crippen molar-refractivity contribution in [2.75, 3.05) is 14.2 Å². The predicted molar refractivity (Wildman–Crippen MR) is 137 cm³/mol. The Morgan fingerprint density at radius 3 is 2.78 bits per heavy atom. The Kier molecular flexibility index (Phi) is 5.79. The van der Waals surface area contributed by atoms with Crippen molar-refractivity contribution in [3.05, 3.63) is 64.8 Å². The van der Waals surface area contributed by atoms with E-state index in [1.165, 1.54) is 29.0 Å². The summed E-state index contributed by atoms with van der Waals surface area (Å²) >= 11 is 2.89. The molecular weight excluding hydrogens is 500 g/mol. The maximum atomic E-state index is 6.17. The smallest absolute Gasteiger partial charge is 0.294 e. The molecule has 6 rings (SSSR count). The molecule has 0 aliphatic heterocycles. The van der Waals surface area contributed by atoms with E-state index in [0.29, 0.717) is 45.3 Å². The number of fused-ring (bicyclic) bond motifs is 2. The van der Waals surface area contributed by atoms with Gasteiger partial charge in [-0.1, -0.05) is 0 Å². The molecule has 5 heterocycles. The number of imidazole rings is 1. The summed E-state index contributed by atoms with van der Waals surface area (Å²) in [7, 11) is 3.18. The topological polar surface area (TPSA) is 110 Å². The van der Waals surface area contributed by atoms with Crippen molar-refractivity contribution < 1.29 is 18.6 Å². The van der Waals surface area contributed by atoms with E-state index in [9.17, 15) is 0 Å². The van der Waals surface area contributed by atoms with Gasteiger partial charge in [-0.2, -0.15) is 4.52 Å². The maximum absolute atomic E-state index is 6.17. The fourth-order valence-electron chi connectivity index (χ4n) is 3.55. The second-order valence-electron chi connectivity index (χ2n) is 7.53. The third-order valence-electron chi connectivity index (χ3n) is 5.25. The van der Waals surface area contributed by atoms with E-state index in [4.69, 9.17) is 18.6 Å². The van der Waals surface area contributed by atoms with Crippen LogP contribution in [0.5, 0.6) is 16.7 Å². The monoisotopic (exact) mass is 518 g/mol. The summed E-state index contributed by atoms with van der Waals surface area (Å²) in [5.41, 5.74) is 3.07. The van der Waals surface area contributed by atoms with Crippen LogP contribution in [0.3, 0.4) is 0 Å². The van der Waals surface area contributed by atoms with Crippen molar-refractivity contribution in [2.24, 2.45) is 0 Å². The molecule has 5 aromatic heterocycles. The Morgan fingerprint density at radius 1 is 1.06 bits per heavy atom. The van der Waals surface area contributed by atoms with Gasteiger partial charge < -0.3 is 18.6 Å². The van der Waals surface area contributed by atoms with E-state index in [2.05, 4.69) is 25.0 Å². The molecule has 10 nitrogen and oxygen atoms in total. The van der Waals surface area contributed by atoms with E-state index in [0.717, 1.165) is 21.7 Å². The molecule has 0 aliphatic rings. The van der Waals surface area contributed by atoms with Crippen LogP contribution in [0.15, 0.2) is 52.9 Å². The van der Waals surface area contributed by atoms with Crippen LogP contribution in [0, 0.1) is 0 Å². The number of thiazole rings is 1. The van der Waals surface area contributed by atoms with E-state index in [1.807, 2.05) is 35.7 Å². The molecule has 12 heteroatoms. The zero-order valence-electron chi connectivity index (χ0n) is 19.1. The van der Waals surface area contributed by atoms with E-state index >= 15 is 0 Å². The molecule has 0 unspecified atom stereocenters. The van der Waals surface area contributed by atoms with Crippen LogP contribution in [0.25, 0.3) is 39.5 Å². The molecule has 1 aromatic carbocycles. The first-order valence-electron chi connectivity index (χ1n) is 10.7. The standard InChI is InChI=1S/C24H18N6O4S2/c1-31-16-5-19(33-11-15-12-35-22(28-15)4-3-14-8-25-13-26-9-14)17-7-21(34-20(17)6-16)18-10-27-23-30(18)29-24(32-2)36-23/h3-10,12-13H,11H2,1-2H3. The van der Waals surface area contributed by atoms with Gasteiger partial charge in [-0.3, -0.25) is 0 Å². The zero-order chi connectivity index (χ0) is 24.5. The largest absolute Gasteiger partial charge is 0.496 e. The molecule has 0 saturated heterocycles. The van der Waals surface area contributed by atoms with Gasteiger partial charge in [0, 0.05) is 35.5 Å². The number of benzene rings is 1. The molecular formula is C24H18N6O4S2. The van der Waals surface area contributed by atoms with Crippen LogP contribution in [0.4, 0.5) is 0 Å². The van der Waals surface area contributed by atoms with Crippen LogP contribution >= 0.6 is 22.7 Å². The highest BCUT2D eigenvalue weighted by molar-refractivity contribution is 7.18.